The fraction of sp³-hybridized carbons (Fsp3) is 0.636. The average Bonchev–Trinajstić information content (AvgIpc) is 2.55. The number of esters is 2. The van der Waals surface area contributed by atoms with Crippen LogP contribution < -0.4 is 0 Å². The van der Waals surface area contributed by atoms with Gasteiger partial charge >= 0.3 is 11.9 Å². The Bertz CT molecular complexity index is 359. The molecule has 0 aromatic carbocycles. The molecule has 0 N–H and O–H groups in total. The third-order valence-corrected chi connectivity index (χ3v) is 2.45. The molecule has 6 nitrogen and oxygen atoms in total. The Balaban J connectivity index is 2.78. The zero-order chi connectivity index (χ0) is 13.0. The summed E-state index contributed by atoms with van der Waals surface area (Å²) in [5.74, 6) is -5.54. The van der Waals surface area contributed by atoms with Gasteiger partial charge in [0.25, 0.3) is 0 Å². The van der Waals surface area contributed by atoms with E-state index in [2.05, 4.69) is 9.47 Å². The Labute approximate surface area is 98.3 Å². The van der Waals surface area contributed by atoms with Crippen LogP contribution >= 0.6 is 0 Å². The molecule has 0 aromatic heterocycles. The smallest absolute Gasteiger partial charge is 0.324 e. The van der Waals surface area contributed by atoms with Crippen molar-refractivity contribution in [3.05, 3.63) is 0 Å². The number of hydrogen-bond acceptors (Lipinski definition) is 6. The molecule has 2 unspecified atom stereocenters. The van der Waals surface area contributed by atoms with Crippen LogP contribution in [-0.4, -0.2) is 36.7 Å². The molecular weight excluding hydrogens is 228 g/mol. The van der Waals surface area contributed by atoms with Crippen molar-refractivity contribution < 1.29 is 28.7 Å². The van der Waals surface area contributed by atoms with Gasteiger partial charge < -0.3 is 9.47 Å². The summed E-state index contributed by atoms with van der Waals surface area (Å²) >= 11 is 0. The van der Waals surface area contributed by atoms with Gasteiger partial charge in [-0.15, -0.1) is 0 Å². The van der Waals surface area contributed by atoms with E-state index in [-0.39, 0.29) is 19.6 Å². The monoisotopic (exact) mass is 242 g/mol. The van der Waals surface area contributed by atoms with Gasteiger partial charge in [-0.05, 0) is 13.8 Å². The topological polar surface area (TPSA) is 86.7 Å². The predicted molar refractivity (Wildman–Crippen MR) is 54.9 cm³/mol. The molecule has 0 bridgehead atoms. The van der Waals surface area contributed by atoms with Gasteiger partial charge in [-0.2, -0.15) is 0 Å². The van der Waals surface area contributed by atoms with Crippen molar-refractivity contribution in [2.75, 3.05) is 13.2 Å². The molecule has 2 atom stereocenters. The molecule has 0 radical (unpaired) electrons. The van der Waals surface area contributed by atoms with Crippen molar-refractivity contribution in [1.29, 1.82) is 0 Å². The van der Waals surface area contributed by atoms with E-state index >= 15 is 0 Å². The lowest BCUT2D eigenvalue weighted by molar-refractivity contribution is -0.154. The Morgan fingerprint density at radius 2 is 1.65 bits per heavy atom. The quantitative estimate of drug-likeness (QED) is 0.505. The van der Waals surface area contributed by atoms with Crippen LogP contribution in [0.4, 0.5) is 0 Å². The van der Waals surface area contributed by atoms with Crippen LogP contribution in [0.15, 0.2) is 0 Å². The summed E-state index contributed by atoms with van der Waals surface area (Å²) in [5.41, 5.74) is 0. The zero-order valence-corrected chi connectivity index (χ0v) is 9.73. The van der Waals surface area contributed by atoms with Gasteiger partial charge in [-0.25, -0.2) is 0 Å². The van der Waals surface area contributed by atoms with Crippen LogP contribution in [0.5, 0.6) is 0 Å². The highest BCUT2D eigenvalue weighted by atomic mass is 16.5. The first-order valence-corrected chi connectivity index (χ1v) is 5.42. The maximum absolute atomic E-state index is 11.7. The van der Waals surface area contributed by atoms with Crippen LogP contribution in [0.3, 0.4) is 0 Å². The first kappa shape index (κ1) is 13.3. The lowest BCUT2D eigenvalue weighted by Gasteiger charge is -2.08. The van der Waals surface area contributed by atoms with E-state index in [4.69, 9.17) is 0 Å². The van der Waals surface area contributed by atoms with E-state index in [0.717, 1.165) is 0 Å². The molecule has 17 heavy (non-hydrogen) atoms. The number of ether oxygens (including phenoxy) is 2. The molecular formula is C11H14O6. The van der Waals surface area contributed by atoms with E-state index in [0.29, 0.717) is 0 Å². The van der Waals surface area contributed by atoms with Crippen molar-refractivity contribution in [2.45, 2.75) is 20.3 Å². The lowest BCUT2D eigenvalue weighted by Crippen LogP contribution is -2.30. The molecule has 1 fully saturated rings. The van der Waals surface area contributed by atoms with Crippen molar-refractivity contribution in [3.63, 3.8) is 0 Å². The lowest BCUT2D eigenvalue weighted by atomic mass is 10.0. The van der Waals surface area contributed by atoms with E-state index in [1.165, 1.54) is 0 Å². The minimum atomic E-state index is -1.45. The van der Waals surface area contributed by atoms with Crippen LogP contribution in [-0.2, 0) is 28.7 Å². The van der Waals surface area contributed by atoms with E-state index in [1.807, 2.05) is 0 Å². The van der Waals surface area contributed by atoms with Crippen molar-refractivity contribution >= 4 is 23.5 Å². The third-order valence-electron chi connectivity index (χ3n) is 2.45. The first-order chi connectivity index (χ1) is 8.02. The van der Waals surface area contributed by atoms with Gasteiger partial charge in [0.1, 0.15) is 5.92 Å². The van der Waals surface area contributed by atoms with Gasteiger partial charge in [0.2, 0.25) is 0 Å². The van der Waals surface area contributed by atoms with Crippen molar-refractivity contribution in [1.82, 2.24) is 0 Å². The highest BCUT2D eigenvalue weighted by Gasteiger charge is 2.50. The predicted octanol–water partition coefficient (Wildman–Crippen LogP) is -0.113. The molecule has 0 heterocycles. The van der Waals surface area contributed by atoms with Crippen LogP contribution in [0, 0.1) is 11.8 Å². The maximum Gasteiger partial charge on any atom is 0.324 e. The van der Waals surface area contributed by atoms with E-state index in [9.17, 15) is 19.2 Å². The van der Waals surface area contributed by atoms with Crippen molar-refractivity contribution in [3.8, 4) is 0 Å². The van der Waals surface area contributed by atoms with E-state index in [1.54, 1.807) is 13.8 Å². The molecule has 1 aliphatic rings. The number of carbonyl (C=O) groups excluding carboxylic acids is 4. The van der Waals surface area contributed by atoms with Gasteiger partial charge in [0, 0.05) is 6.42 Å². The molecule has 1 saturated carbocycles. The van der Waals surface area contributed by atoms with Gasteiger partial charge in [-0.1, -0.05) is 0 Å². The number of ketones is 2. The molecule has 0 aliphatic heterocycles. The first-order valence-electron chi connectivity index (χ1n) is 5.42. The number of carbonyl (C=O) groups is 4. The molecule has 0 amide bonds. The summed E-state index contributed by atoms with van der Waals surface area (Å²) in [7, 11) is 0. The maximum atomic E-state index is 11.7. The average molecular weight is 242 g/mol. The second-order valence-electron chi connectivity index (χ2n) is 3.56. The normalized spacial score (nSPS) is 23.6. The Hall–Kier alpha value is -1.72. The fourth-order valence-corrected chi connectivity index (χ4v) is 1.70. The SMILES string of the molecule is CCOC(=O)C1CC(=O)C(C(=O)OCC)C1=O. The second-order valence-corrected chi connectivity index (χ2v) is 3.56. The number of rotatable bonds is 4. The zero-order valence-electron chi connectivity index (χ0n) is 9.73. The second kappa shape index (κ2) is 5.56. The van der Waals surface area contributed by atoms with Crippen LogP contribution in [0.25, 0.3) is 0 Å². The summed E-state index contributed by atoms with van der Waals surface area (Å²) in [6.07, 6.45) is -0.277. The summed E-state index contributed by atoms with van der Waals surface area (Å²) < 4.78 is 9.29. The molecule has 0 spiro atoms. The Morgan fingerprint density at radius 3 is 2.18 bits per heavy atom. The Morgan fingerprint density at radius 1 is 1.12 bits per heavy atom. The fourth-order valence-electron chi connectivity index (χ4n) is 1.70. The third kappa shape index (κ3) is 2.69. The Kier molecular flexibility index (Phi) is 4.37. The number of hydrogen-bond donors (Lipinski definition) is 0. The summed E-state index contributed by atoms with van der Waals surface area (Å²) in [5, 5.41) is 0. The van der Waals surface area contributed by atoms with Crippen LogP contribution in [0.1, 0.15) is 20.3 Å². The van der Waals surface area contributed by atoms with Crippen LogP contribution in [0.2, 0.25) is 0 Å². The molecule has 94 valence electrons. The summed E-state index contributed by atoms with van der Waals surface area (Å²) in [6.45, 7) is 3.38. The molecule has 1 rings (SSSR count). The summed E-state index contributed by atoms with van der Waals surface area (Å²) in [6, 6.07) is 0. The van der Waals surface area contributed by atoms with Gasteiger partial charge in [-0.3, -0.25) is 19.2 Å². The minimum Gasteiger partial charge on any atom is -0.465 e. The molecule has 0 saturated heterocycles. The highest BCUT2D eigenvalue weighted by molar-refractivity contribution is 6.26. The molecule has 0 aromatic rings. The number of Topliss-reactive ketones (excluding diaryl/α,β-unsaturated/α-hetero) is 2. The van der Waals surface area contributed by atoms with Gasteiger partial charge in [0.15, 0.2) is 17.5 Å². The largest absolute Gasteiger partial charge is 0.465 e. The van der Waals surface area contributed by atoms with Crippen molar-refractivity contribution in [2.24, 2.45) is 11.8 Å². The van der Waals surface area contributed by atoms with Gasteiger partial charge in [0.05, 0.1) is 13.2 Å². The van der Waals surface area contributed by atoms with E-state index < -0.39 is 35.3 Å². The molecule has 1 aliphatic carbocycles. The standard InChI is InChI=1S/C11H14O6/c1-3-16-10(14)6-5-7(12)8(9(6)13)11(15)17-4-2/h6,8H,3-5H2,1-2H3. The minimum absolute atomic E-state index is 0.0833. The molecule has 6 heteroatoms. The highest BCUT2D eigenvalue weighted by Crippen LogP contribution is 2.26. The summed E-state index contributed by atoms with van der Waals surface area (Å²) in [4.78, 5) is 46.0.